The van der Waals surface area contributed by atoms with E-state index < -0.39 is 0 Å². The summed E-state index contributed by atoms with van der Waals surface area (Å²) in [6, 6.07) is 3.73. The number of carbonyl (C=O) groups excluding carboxylic acids is 1. The third-order valence-electron chi connectivity index (χ3n) is 5.70. The monoisotopic (exact) mass is 357 g/mol. The van der Waals surface area contributed by atoms with Crippen molar-refractivity contribution in [3.05, 3.63) is 42.0 Å². The summed E-state index contributed by atoms with van der Waals surface area (Å²) in [6.45, 7) is 4.39. The van der Waals surface area contributed by atoms with E-state index in [-0.39, 0.29) is 11.5 Å². The fraction of sp³-hybridized carbons (Fsp3) is 0.579. The van der Waals surface area contributed by atoms with Crippen LogP contribution in [0.25, 0.3) is 0 Å². The molecule has 4 heterocycles. The zero-order valence-corrected chi connectivity index (χ0v) is 15.5. The molecule has 1 N–H and O–H groups in total. The number of hydrogen-bond acceptors (Lipinski definition) is 4. The SMILES string of the molecule is Cn1cc(CN2CC3(C2)OCC[C@@H]3CCNC(=O)c2cccn2C)cn1. The number of rotatable bonds is 6. The quantitative estimate of drug-likeness (QED) is 0.843. The third-order valence-corrected chi connectivity index (χ3v) is 5.70. The molecule has 2 aliphatic heterocycles. The highest BCUT2D eigenvalue weighted by atomic mass is 16.5. The van der Waals surface area contributed by atoms with E-state index in [4.69, 9.17) is 4.74 Å². The Hall–Kier alpha value is -2.12. The Kier molecular flexibility index (Phi) is 4.58. The van der Waals surface area contributed by atoms with Gasteiger partial charge in [0.05, 0.1) is 11.8 Å². The molecule has 0 aliphatic carbocycles. The fourth-order valence-corrected chi connectivity index (χ4v) is 4.32. The molecule has 0 unspecified atom stereocenters. The largest absolute Gasteiger partial charge is 0.372 e. The highest BCUT2D eigenvalue weighted by molar-refractivity contribution is 5.92. The molecule has 2 aliphatic rings. The van der Waals surface area contributed by atoms with Gasteiger partial charge < -0.3 is 14.6 Å². The maximum atomic E-state index is 12.2. The van der Waals surface area contributed by atoms with Gasteiger partial charge in [0.2, 0.25) is 0 Å². The molecule has 4 rings (SSSR count). The number of nitrogens with one attached hydrogen (secondary N) is 1. The summed E-state index contributed by atoms with van der Waals surface area (Å²) < 4.78 is 9.82. The van der Waals surface area contributed by atoms with Gasteiger partial charge in [-0.1, -0.05) is 0 Å². The highest BCUT2D eigenvalue weighted by Crippen LogP contribution is 2.41. The molecule has 0 saturated carbocycles. The first-order valence-electron chi connectivity index (χ1n) is 9.29. The first kappa shape index (κ1) is 17.3. The average molecular weight is 357 g/mol. The first-order chi connectivity index (χ1) is 12.6. The average Bonchev–Trinajstić information content (AvgIpc) is 3.28. The Morgan fingerprint density at radius 3 is 2.96 bits per heavy atom. The Bertz CT molecular complexity index is 774. The van der Waals surface area contributed by atoms with Crippen LogP contribution in [0.5, 0.6) is 0 Å². The zero-order chi connectivity index (χ0) is 18.1. The maximum Gasteiger partial charge on any atom is 0.267 e. The molecule has 7 nitrogen and oxygen atoms in total. The number of likely N-dealkylation sites (tertiary alicyclic amines) is 1. The van der Waals surface area contributed by atoms with Crippen molar-refractivity contribution < 1.29 is 9.53 Å². The van der Waals surface area contributed by atoms with Crippen molar-refractivity contribution in [1.82, 2.24) is 24.6 Å². The van der Waals surface area contributed by atoms with Crippen LogP contribution in [0, 0.1) is 5.92 Å². The summed E-state index contributed by atoms with van der Waals surface area (Å²) >= 11 is 0. The standard InChI is InChI=1S/C19H27N5O2/c1-22-8-3-4-17(22)18(25)20-7-5-16-6-9-26-19(16)13-24(14-19)12-15-10-21-23(2)11-15/h3-4,8,10-11,16H,5-7,9,12-14H2,1-2H3,(H,20,25)/t16-/m0/s1. The molecule has 0 aromatic carbocycles. The topological polar surface area (TPSA) is 64.3 Å². The van der Waals surface area contributed by atoms with E-state index in [9.17, 15) is 4.79 Å². The van der Waals surface area contributed by atoms with Crippen LogP contribution in [-0.4, -0.2) is 57.0 Å². The van der Waals surface area contributed by atoms with Crippen molar-refractivity contribution in [2.75, 3.05) is 26.2 Å². The normalized spacial score (nSPS) is 21.8. The second-order valence-corrected chi connectivity index (χ2v) is 7.62. The van der Waals surface area contributed by atoms with E-state index in [1.54, 1.807) is 0 Å². The first-order valence-corrected chi connectivity index (χ1v) is 9.29. The second-order valence-electron chi connectivity index (χ2n) is 7.62. The van der Waals surface area contributed by atoms with Crippen molar-refractivity contribution in [1.29, 1.82) is 0 Å². The summed E-state index contributed by atoms with van der Waals surface area (Å²) in [5.74, 6) is 0.513. The van der Waals surface area contributed by atoms with Gasteiger partial charge >= 0.3 is 0 Å². The van der Waals surface area contributed by atoms with Crippen molar-refractivity contribution in [3.63, 3.8) is 0 Å². The number of ether oxygens (including phenoxy) is 1. The van der Waals surface area contributed by atoms with Gasteiger partial charge in [0, 0.05) is 64.8 Å². The van der Waals surface area contributed by atoms with Crippen LogP contribution < -0.4 is 5.32 Å². The minimum Gasteiger partial charge on any atom is -0.372 e. The van der Waals surface area contributed by atoms with E-state index in [0.29, 0.717) is 18.2 Å². The number of carbonyl (C=O) groups is 1. The van der Waals surface area contributed by atoms with Crippen LogP contribution in [0.3, 0.4) is 0 Å². The predicted octanol–water partition coefficient (Wildman–Crippen LogP) is 1.17. The molecule has 7 heteroatoms. The number of nitrogens with zero attached hydrogens (tertiary/aromatic N) is 4. The van der Waals surface area contributed by atoms with Crippen molar-refractivity contribution >= 4 is 5.91 Å². The number of hydrogen-bond donors (Lipinski definition) is 1. The van der Waals surface area contributed by atoms with Gasteiger partial charge in [0.15, 0.2) is 0 Å². The third kappa shape index (κ3) is 3.29. The van der Waals surface area contributed by atoms with Crippen LogP contribution in [0.15, 0.2) is 30.7 Å². The Labute approximate surface area is 153 Å². The van der Waals surface area contributed by atoms with Crippen molar-refractivity contribution in [2.24, 2.45) is 20.0 Å². The van der Waals surface area contributed by atoms with Gasteiger partial charge in [-0.3, -0.25) is 14.4 Å². The minimum atomic E-state index is -0.0160. The summed E-state index contributed by atoms with van der Waals surface area (Å²) in [7, 11) is 3.83. The lowest BCUT2D eigenvalue weighted by atomic mass is 9.79. The van der Waals surface area contributed by atoms with E-state index in [0.717, 1.165) is 39.1 Å². The van der Waals surface area contributed by atoms with E-state index in [1.165, 1.54) is 5.56 Å². The van der Waals surface area contributed by atoms with Crippen LogP contribution in [0.1, 0.15) is 28.9 Å². The van der Waals surface area contributed by atoms with Gasteiger partial charge in [-0.25, -0.2) is 0 Å². The minimum absolute atomic E-state index is 0.00252. The highest BCUT2D eigenvalue weighted by Gasteiger charge is 2.52. The van der Waals surface area contributed by atoms with Crippen molar-refractivity contribution in [3.8, 4) is 0 Å². The summed E-state index contributed by atoms with van der Waals surface area (Å²) in [6.07, 6.45) is 7.94. The molecule has 2 aromatic rings. The lowest BCUT2D eigenvalue weighted by molar-refractivity contribution is -0.136. The maximum absolute atomic E-state index is 12.2. The molecular weight excluding hydrogens is 330 g/mol. The van der Waals surface area contributed by atoms with E-state index in [2.05, 4.69) is 21.5 Å². The van der Waals surface area contributed by atoms with Gasteiger partial charge in [0.25, 0.3) is 5.91 Å². The molecule has 2 fully saturated rings. The molecule has 2 aromatic heterocycles. The number of amides is 1. The lowest BCUT2D eigenvalue weighted by Gasteiger charge is -2.50. The fourth-order valence-electron chi connectivity index (χ4n) is 4.32. The van der Waals surface area contributed by atoms with Gasteiger partial charge in [-0.05, 0) is 30.9 Å². The smallest absolute Gasteiger partial charge is 0.267 e. The Balaban J connectivity index is 1.25. The molecule has 2 saturated heterocycles. The Morgan fingerprint density at radius 2 is 2.27 bits per heavy atom. The Morgan fingerprint density at radius 1 is 1.42 bits per heavy atom. The number of aromatic nitrogens is 3. The van der Waals surface area contributed by atoms with Crippen LogP contribution in [-0.2, 0) is 25.4 Å². The summed E-state index contributed by atoms with van der Waals surface area (Å²) in [5, 5.41) is 7.29. The van der Waals surface area contributed by atoms with E-state index in [1.807, 2.05) is 47.9 Å². The van der Waals surface area contributed by atoms with Crippen molar-refractivity contribution in [2.45, 2.75) is 25.0 Å². The molecular formula is C19H27N5O2. The predicted molar refractivity (Wildman–Crippen MR) is 97.6 cm³/mol. The molecule has 0 radical (unpaired) electrons. The lowest BCUT2D eigenvalue weighted by Crippen LogP contribution is -2.64. The summed E-state index contributed by atoms with van der Waals surface area (Å²) in [5.41, 5.74) is 1.93. The van der Waals surface area contributed by atoms with Crippen LogP contribution in [0.2, 0.25) is 0 Å². The molecule has 1 atom stereocenters. The van der Waals surface area contributed by atoms with Crippen LogP contribution in [0.4, 0.5) is 0 Å². The van der Waals surface area contributed by atoms with E-state index >= 15 is 0 Å². The van der Waals surface area contributed by atoms with Gasteiger partial charge in [-0.2, -0.15) is 5.10 Å². The van der Waals surface area contributed by atoms with Crippen LogP contribution >= 0.6 is 0 Å². The molecule has 0 bridgehead atoms. The van der Waals surface area contributed by atoms with Gasteiger partial charge in [-0.15, -0.1) is 0 Å². The molecule has 26 heavy (non-hydrogen) atoms. The second kappa shape index (κ2) is 6.89. The zero-order valence-electron chi connectivity index (χ0n) is 15.5. The number of aryl methyl sites for hydroxylation is 2. The molecule has 140 valence electrons. The molecule has 1 amide bonds. The molecule has 1 spiro atoms. The summed E-state index contributed by atoms with van der Waals surface area (Å²) in [4.78, 5) is 14.6. The van der Waals surface area contributed by atoms with Gasteiger partial charge in [0.1, 0.15) is 5.69 Å².